The normalized spacial score (nSPS) is 10.6. The number of thiazole rings is 1. The monoisotopic (exact) mass is 406 g/mol. The molecule has 0 radical (unpaired) electrons. The molecule has 0 aliphatic heterocycles. The van der Waals surface area contributed by atoms with Crippen molar-refractivity contribution in [3.63, 3.8) is 0 Å². The quantitative estimate of drug-likeness (QED) is 0.586. The van der Waals surface area contributed by atoms with Crippen LogP contribution in [0.1, 0.15) is 10.4 Å². The lowest BCUT2D eigenvalue weighted by Gasteiger charge is -2.08. The SMILES string of the molecule is Cc1cc(Cl)ccc1OCC(=O)Nc1nc(-c2ccc(Cl)cc2)c(C)s1. The molecule has 0 fully saturated rings. The fraction of sp³-hybridized carbons (Fsp3) is 0.158. The van der Waals surface area contributed by atoms with Crippen molar-refractivity contribution in [1.29, 1.82) is 0 Å². The number of rotatable bonds is 5. The maximum Gasteiger partial charge on any atom is 0.264 e. The Bertz CT molecular complexity index is 939. The zero-order valence-corrected chi connectivity index (χ0v) is 16.5. The molecule has 3 aromatic rings. The Labute approximate surface area is 165 Å². The summed E-state index contributed by atoms with van der Waals surface area (Å²) in [6, 6.07) is 12.7. The number of aryl methyl sites for hydroxylation is 2. The van der Waals surface area contributed by atoms with Crippen molar-refractivity contribution in [2.75, 3.05) is 11.9 Å². The molecule has 26 heavy (non-hydrogen) atoms. The van der Waals surface area contributed by atoms with Crippen LogP contribution in [0.5, 0.6) is 5.75 Å². The van der Waals surface area contributed by atoms with E-state index < -0.39 is 0 Å². The molecule has 7 heteroatoms. The van der Waals surface area contributed by atoms with E-state index in [-0.39, 0.29) is 12.5 Å². The summed E-state index contributed by atoms with van der Waals surface area (Å²) in [7, 11) is 0. The number of anilines is 1. The lowest BCUT2D eigenvalue weighted by Crippen LogP contribution is -2.20. The highest BCUT2D eigenvalue weighted by atomic mass is 35.5. The summed E-state index contributed by atoms with van der Waals surface area (Å²) in [5.41, 5.74) is 2.66. The molecule has 0 aliphatic rings. The van der Waals surface area contributed by atoms with Crippen molar-refractivity contribution in [3.8, 4) is 17.0 Å². The molecule has 3 rings (SSSR count). The third-order valence-electron chi connectivity index (χ3n) is 3.66. The summed E-state index contributed by atoms with van der Waals surface area (Å²) in [6.45, 7) is 3.74. The van der Waals surface area contributed by atoms with Crippen LogP contribution in [-0.4, -0.2) is 17.5 Å². The van der Waals surface area contributed by atoms with E-state index in [1.807, 2.05) is 38.1 Å². The van der Waals surface area contributed by atoms with Crippen LogP contribution in [0, 0.1) is 13.8 Å². The number of carbonyl (C=O) groups excluding carboxylic acids is 1. The number of hydrogen-bond acceptors (Lipinski definition) is 4. The molecule has 2 aromatic carbocycles. The van der Waals surface area contributed by atoms with Gasteiger partial charge in [-0.25, -0.2) is 4.98 Å². The van der Waals surface area contributed by atoms with E-state index in [0.29, 0.717) is 20.9 Å². The zero-order chi connectivity index (χ0) is 18.7. The minimum atomic E-state index is -0.268. The Morgan fingerprint density at radius 3 is 2.50 bits per heavy atom. The van der Waals surface area contributed by atoms with Crippen LogP contribution < -0.4 is 10.1 Å². The van der Waals surface area contributed by atoms with Crippen LogP contribution in [0.3, 0.4) is 0 Å². The van der Waals surface area contributed by atoms with Gasteiger partial charge in [-0.15, -0.1) is 11.3 Å². The van der Waals surface area contributed by atoms with Gasteiger partial charge in [-0.1, -0.05) is 35.3 Å². The first-order valence-corrected chi connectivity index (χ1v) is 9.42. The van der Waals surface area contributed by atoms with Crippen molar-refractivity contribution >= 4 is 45.6 Å². The number of nitrogens with one attached hydrogen (secondary N) is 1. The van der Waals surface area contributed by atoms with Crippen LogP contribution in [0.4, 0.5) is 5.13 Å². The summed E-state index contributed by atoms with van der Waals surface area (Å²) in [6.07, 6.45) is 0. The van der Waals surface area contributed by atoms with Gasteiger partial charge in [0.25, 0.3) is 5.91 Å². The Morgan fingerprint density at radius 2 is 1.81 bits per heavy atom. The Hall–Kier alpha value is -2.08. The van der Waals surface area contributed by atoms with E-state index in [0.717, 1.165) is 21.7 Å². The van der Waals surface area contributed by atoms with E-state index in [1.165, 1.54) is 11.3 Å². The maximum atomic E-state index is 12.2. The van der Waals surface area contributed by atoms with Gasteiger partial charge in [-0.2, -0.15) is 0 Å². The van der Waals surface area contributed by atoms with E-state index >= 15 is 0 Å². The summed E-state index contributed by atoms with van der Waals surface area (Å²) in [5.74, 6) is 0.359. The molecule has 0 atom stereocenters. The summed E-state index contributed by atoms with van der Waals surface area (Å²) < 4.78 is 5.55. The number of benzene rings is 2. The van der Waals surface area contributed by atoms with E-state index in [1.54, 1.807) is 18.2 Å². The lowest BCUT2D eigenvalue weighted by atomic mass is 10.1. The number of carbonyl (C=O) groups is 1. The molecule has 4 nitrogen and oxygen atoms in total. The van der Waals surface area contributed by atoms with E-state index in [4.69, 9.17) is 27.9 Å². The van der Waals surface area contributed by atoms with Gasteiger partial charge < -0.3 is 4.74 Å². The zero-order valence-electron chi connectivity index (χ0n) is 14.2. The van der Waals surface area contributed by atoms with Gasteiger partial charge in [0.05, 0.1) is 5.69 Å². The molecule has 1 aromatic heterocycles. The predicted molar refractivity (Wildman–Crippen MR) is 108 cm³/mol. The molecule has 0 saturated heterocycles. The second-order valence-electron chi connectivity index (χ2n) is 5.68. The second-order valence-corrected chi connectivity index (χ2v) is 7.75. The molecule has 0 saturated carbocycles. The largest absolute Gasteiger partial charge is 0.483 e. The number of nitrogens with zero attached hydrogens (tertiary/aromatic N) is 1. The molecule has 0 bridgehead atoms. The van der Waals surface area contributed by atoms with Crippen LogP contribution in [0.2, 0.25) is 10.0 Å². The van der Waals surface area contributed by atoms with E-state index in [9.17, 15) is 4.79 Å². The molecule has 134 valence electrons. The number of ether oxygens (including phenoxy) is 1. The molecule has 0 aliphatic carbocycles. The summed E-state index contributed by atoms with van der Waals surface area (Å²) in [4.78, 5) is 17.7. The van der Waals surface area contributed by atoms with Crippen molar-refractivity contribution in [2.45, 2.75) is 13.8 Å². The predicted octanol–water partition coefficient (Wildman–Crippen LogP) is 5.75. The fourth-order valence-electron chi connectivity index (χ4n) is 2.40. The minimum absolute atomic E-state index is 0.0998. The fourth-order valence-corrected chi connectivity index (χ4v) is 3.60. The highest BCUT2D eigenvalue weighted by molar-refractivity contribution is 7.16. The molecule has 0 spiro atoms. The minimum Gasteiger partial charge on any atom is -0.483 e. The highest BCUT2D eigenvalue weighted by Crippen LogP contribution is 2.31. The molecule has 1 heterocycles. The maximum absolute atomic E-state index is 12.2. The van der Waals surface area contributed by atoms with Gasteiger partial charge >= 0.3 is 0 Å². The van der Waals surface area contributed by atoms with Crippen LogP contribution >= 0.6 is 34.5 Å². The summed E-state index contributed by atoms with van der Waals surface area (Å²) in [5, 5.41) is 4.62. The highest BCUT2D eigenvalue weighted by Gasteiger charge is 2.13. The van der Waals surface area contributed by atoms with Crippen LogP contribution in [0.15, 0.2) is 42.5 Å². The van der Waals surface area contributed by atoms with Crippen molar-refractivity contribution in [2.24, 2.45) is 0 Å². The van der Waals surface area contributed by atoms with Gasteiger partial charge in [0.1, 0.15) is 5.75 Å². The number of hydrogen-bond donors (Lipinski definition) is 1. The molecule has 1 amide bonds. The van der Waals surface area contributed by atoms with Gasteiger partial charge in [0.2, 0.25) is 0 Å². The smallest absolute Gasteiger partial charge is 0.264 e. The van der Waals surface area contributed by atoms with Crippen molar-refractivity contribution in [1.82, 2.24) is 4.98 Å². The molecular formula is C19H16Cl2N2O2S. The third-order valence-corrected chi connectivity index (χ3v) is 5.03. The Kier molecular flexibility index (Phi) is 5.81. The first kappa shape index (κ1) is 18.7. The average molecular weight is 407 g/mol. The number of amides is 1. The first-order valence-electron chi connectivity index (χ1n) is 7.84. The first-order chi connectivity index (χ1) is 12.4. The van der Waals surface area contributed by atoms with Gasteiger partial charge in [0, 0.05) is 20.5 Å². The second kappa shape index (κ2) is 8.08. The molecule has 0 unspecified atom stereocenters. The van der Waals surface area contributed by atoms with Crippen LogP contribution in [0.25, 0.3) is 11.3 Å². The number of halogens is 2. The summed E-state index contributed by atoms with van der Waals surface area (Å²) >= 11 is 13.3. The van der Waals surface area contributed by atoms with Crippen LogP contribution in [-0.2, 0) is 4.79 Å². The van der Waals surface area contributed by atoms with E-state index in [2.05, 4.69) is 10.3 Å². The van der Waals surface area contributed by atoms with Crippen molar-refractivity contribution in [3.05, 3.63) is 63.0 Å². The van der Waals surface area contributed by atoms with Gasteiger partial charge in [0.15, 0.2) is 11.7 Å². The standard InChI is InChI=1S/C19H16Cl2N2O2S/c1-11-9-15(21)7-8-16(11)25-10-17(24)22-19-23-18(12(2)26-19)13-3-5-14(20)6-4-13/h3-9H,10H2,1-2H3,(H,22,23,24). The van der Waals surface area contributed by atoms with Gasteiger partial charge in [-0.05, 0) is 49.7 Å². The third kappa shape index (κ3) is 4.55. The molecular weight excluding hydrogens is 391 g/mol. The Morgan fingerprint density at radius 1 is 1.12 bits per heavy atom. The topological polar surface area (TPSA) is 51.2 Å². The lowest BCUT2D eigenvalue weighted by molar-refractivity contribution is -0.118. The molecule has 1 N–H and O–H groups in total. The average Bonchev–Trinajstić information content (AvgIpc) is 2.95. The number of aromatic nitrogens is 1. The van der Waals surface area contributed by atoms with Crippen molar-refractivity contribution < 1.29 is 9.53 Å². The van der Waals surface area contributed by atoms with Gasteiger partial charge in [-0.3, -0.25) is 10.1 Å². The Balaban J connectivity index is 1.64.